The molecule has 3 N–H and O–H groups in total. The number of aryl methyl sites for hydroxylation is 1. The first kappa shape index (κ1) is 17.9. The molecular weight excluding hydrogens is 344 g/mol. The molecule has 1 aliphatic heterocycles. The molecule has 0 radical (unpaired) electrons. The molecular formula is C17H22N2O5S. The molecule has 2 fully saturated rings. The Balaban J connectivity index is 2.07. The summed E-state index contributed by atoms with van der Waals surface area (Å²) in [6, 6.07) is 3.27. The van der Waals surface area contributed by atoms with Gasteiger partial charge in [-0.15, -0.1) is 0 Å². The Morgan fingerprint density at radius 1 is 1.24 bits per heavy atom. The fraction of sp³-hybridized carbons (Fsp3) is 0.529. The smallest absolute Gasteiger partial charge is 0.326 e. The number of amides is 1. The van der Waals surface area contributed by atoms with Gasteiger partial charge in [-0.25, -0.2) is 18.4 Å². The molecule has 1 amide bonds. The number of primary sulfonamides is 1. The normalized spacial score (nSPS) is 26.3. The summed E-state index contributed by atoms with van der Waals surface area (Å²) in [5, 5.41) is 14.8. The second-order valence-electron chi connectivity index (χ2n) is 6.96. The number of carboxylic acids is 1. The SMILES string of the molecule is Cc1ccc(S(N)(=O)=O)c(C(=O)N2C(C(=O)O)CC3CCCCC32)c1. The third kappa shape index (κ3) is 3.28. The van der Waals surface area contributed by atoms with Gasteiger partial charge < -0.3 is 10.0 Å². The Labute approximate surface area is 146 Å². The van der Waals surface area contributed by atoms with Crippen LogP contribution in [-0.2, 0) is 14.8 Å². The molecule has 8 heteroatoms. The molecule has 136 valence electrons. The number of carbonyl (C=O) groups is 2. The maximum Gasteiger partial charge on any atom is 0.326 e. The minimum Gasteiger partial charge on any atom is -0.480 e. The van der Waals surface area contributed by atoms with Crippen molar-refractivity contribution in [2.24, 2.45) is 11.1 Å². The van der Waals surface area contributed by atoms with E-state index in [1.807, 2.05) is 0 Å². The number of nitrogens with two attached hydrogens (primary N) is 1. The molecule has 0 spiro atoms. The van der Waals surface area contributed by atoms with E-state index in [-0.39, 0.29) is 22.4 Å². The van der Waals surface area contributed by atoms with E-state index in [4.69, 9.17) is 5.14 Å². The first-order valence-electron chi connectivity index (χ1n) is 8.39. The van der Waals surface area contributed by atoms with Gasteiger partial charge in [-0.3, -0.25) is 4.79 Å². The summed E-state index contributed by atoms with van der Waals surface area (Å²) < 4.78 is 23.7. The van der Waals surface area contributed by atoms with Crippen LogP contribution in [0.4, 0.5) is 0 Å². The van der Waals surface area contributed by atoms with Gasteiger partial charge in [0.25, 0.3) is 5.91 Å². The van der Waals surface area contributed by atoms with Gasteiger partial charge in [-0.05, 0) is 44.2 Å². The predicted molar refractivity (Wildman–Crippen MR) is 90.5 cm³/mol. The van der Waals surface area contributed by atoms with Crippen LogP contribution in [0, 0.1) is 12.8 Å². The van der Waals surface area contributed by atoms with Gasteiger partial charge in [-0.1, -0.05) is 24.5 Å². The number of carboxylic acid groups (broad SMARTS) is 1. The quantitative estimate of drug-likeness (QED) is 0.840. The molecule has 25 heavy (non-hydrogen) atoms. The lowest BCUT2D eigenvalue weighted by atomic mass is 9.84. The second kappa shape index (κ2) is 6.42. The van der Waals surface area contributed by atoms with Crippen molar-refractivity contribution in [1.29, 1.82) is 0 Å². The summed E-state index contributed by atoms with van der Waals surface area (Å²) in [7, 11) is -4.09. The molecule has 1 aliphatic carbocycles. The molecule has 1 saturated heterocycles. The van der Waals surface area contributed by atoms with E-state index < -0.39 is 27.9 Å². The highest BCUT2D eigenvalue weighted by Crippen LogP contribution is 2.41. The lowest BCUT2D eigenvalue weighted by Crippen LogP contribution is -2.46. The van der Waals surface area contributed by atoms with E-state index in [1.165, 1.54) is 17.0 Å². The fourth-order valence-corrected chi connectivity index (χ4v) is 4.88. The third-order valence-electron chi connectivity index (χ3n) is 5.28. The number of sulfonamides is 1. The minimum atomic E-state index is -4.09. The number of likely N-dealkylation sites (tertiary alicyclic amines) is 1. The standard InChI is InChI=1S/C17H22N2O5S/c1-10-6-7-15(25(18,23)24)12(8-10)16(20)19-13-5-3-2-4-11(13)9-14(19)17(21)22/h6-8,11,13-14H,2-5,9H2,1H3,(H,21,22)(H2,18,23,24). The van der Waals surface area contributed by atoms with E-state index in [1.54, 1.807) is 13.0 Å². The van der Waals surface area contributed by atoms with Gasteiger partial charge in [0.05, 0.1) is 10.5 Å². The highest BCUT2D eigenvalue weighted by atomic mass is 32.2. The summed E-state index contributed by atoms with van der Waals surface area (Å²) in [6.07, 6.45) is 4.03. The maximum absolute atomic E-state index is 13.2. The number of hydrogen-bond acceptors (Lipinski definition) is 4. The lowest BCUT2D eigenvalue weighted by Gasteiger charge is -2.33. The molecule has 1 heterocycles. The Bertz CT molecular complexity index is 820. The Kier molecular flexibility index (Phi) is 4.59. The van der Waals surface area contributed by atoms with Crippen LogP contribution in [0.3, 0.4) is 0 Å². The number of carbonyl (C=O) groups excluding carboxylic acids is 1. The molecule has 2 aliphatic rings. The van der Waals surface area contributed by atoms with Crippen molar-refractivity contribution in [3.8, 4) is 0 Å². The zero-order valence-electron chi connectivity index (χ0n) is 14.0. The van der Waals surface area contributed by atoms with E-state index in [9.17, 15) is 23.1 Å². The Morgan fingerprint density at radius 3 is 2.56 bits per heavy atom. The van der Waals surface area contributed by atoms with E-state index >= 15 is 0 Å². The Morgan fingerprint density at radius 2 is 1.92 bits per heavy atom. The van der Waals surface area contributed by atoms with Crippen LogP contribution < -0.4 is 5.14 Å². The lowest BCUT2D eigenvalue weighted by molar-refractivity contribution is -0.141. The number of nitrogens with zero attached hydrogens (tertiary/aromatic N) is 1. The monoisotopic (exact) mass is 366 g/mol. The van der Waals surface area contributed by atoms with Crippen LogP contribution in [-0.4, -0.2) is 42.4 Å². The van der Waals surface area contributed by atoms with E-state index in [2.05, 4.69) is 0 Å². The topological polar surface area (TPSA) is 118 Å². The minimum absolute atomic E-state index is 0.0417. The highest BCUT2D eigenvalue weighted by Gasteiger charge is 2.48. The summed E-state index contributed by atoms with van der Waals surface area (Å²) in [5.74, 6) is -1.45. The molecule has 0 bridgehead atoms. The first-order chi connectivity index (χ1) is 11.7. The van der Waals surface area contributed by atoms with Crippen molar-refractivity contribution in [2.45, 2.75) is 56.0 Å². The van der Waals surface area contributed by atoms with Gasteiger partial charge in [0.15, 0.2) is 0 Å². The zero-order valence-corrected chi connectivity index (χ0v) is 14.8. The van der Waals surface area contributed by atoms with Crippen molar-refractivity contribution in [1.82, 2.24) is 4.90 Å². The van der Waals surface area contributed by atoms with E-state index in [0.29, 0.717) is 12.0 Å². The van der Waals surface area contributed by atoms with Crippen LogP contribution in [0.25, 0.3) is 0 Å². The molecule has 0 aromatic heterocycles. The predicted octanol–water partition coefficient (Wildman–Crippen LogP) is 1.50. The number of rotatable bonds is 3. The summed E-state index contributed by atoms with van der Waals surface area (Å²) in [4.78, 5) is 26.0. The van der Waals surface area contributed by atoms with Crippen molar-refractivity contribution in [3.05, 3.63) is 29.3 Å². The molecule has 1 aromatic carbocycles. The Hall–Kier alpha value is -1.93. The van der Waals surface area contributed by atoms with Crippen LogP contribution in [0.15, 0.2) is 23.1 Å². The average molecular weight is 366 g/mol. The van der Waals surface area contributed by atoms with Crippen molar-refractivity contribution in [3.63, 3.8) is 0 Å². The van der Waals surface area contributed by atoms with Gasteiger partial charge in [0.2, 0.25) is 10.0 Å². The average Bonchev–Trinajstić information content (AvgIpc) is 2.92. The van der Waals surface area contributed by atoms with Crippen LogP contribution in [0.1, 0.15) is 48.0 Å². The summed E-state index contributed by atoms with van der Waals surface area (Å²) in [5.41, 5.74) is 0.669. The van der Waals surface area contributed by atoms with Gasteiger partial charge in [0.1, 0.15) is 6.04 Å². The largest absolute Gasteiger partial charge is 0.480 e. The molecule has 3 atom stereocenters. The van der Waals surface area contributed by atoms with Crippen LogP contribution >= 0.6 is 0 Å². The van der Waals surface area contributed by atoms with Crippen molar-refractivity contribution in [2.75, 3.05) is 0 Å². The summed E-state index contributed by atoms with van der Waals surface area (Å²) >= 11 is 0. The number of aliphatic carboxylic acids is 1. The fourth-order valence-electron chi connectivity index (χ4n) is 4.17. The summed E-state index contributed by atoms with van der Waals surface area (Å²) in [6.45, 7) is 1.74. The highest BCUT2D eigenvalue weighted by molar-refractivity contribution is 7.89. The molecule has 1 saturated carbocycles. The number of hydrogen-bond donors (Lipinski definition) is 2. The van der Waals surface area contributed by atoms with Gasteiger partial charge in [-0.2, -0.15) is 0 Å². The second-order valence-corrected chi connectivity index (χ2v) is 8.49. The van der Waals surface area contributed by atoms with Gasteiger partial charge in [0, 0.05) is 6.04 Å². The van der Waals surface area contributed by atoms with Crippen molar-refractivity contribution < 1.29 is 23.1 Å². The molecule has 7 nitrogen and oxygen atoms in total. The third-order valence-corrected chi connectivity index (χ3v) is 6.25. The van der Waals surface area contributed by atoms with E-state index in [0.717, 1.165) is 25.7 Å². The number of fused-ring (bicyclic) bond motifs is 1. The van der Waals surface area contributed by atoms with Crippen LogP contribution in [0.2, 0.25) is 0 Å². The van der Waals surface area contributed by atoms with Crippen molar-refractivity contribution >= 4 is 21.9 Å². The van der Waals surface area contributed by atoms with Crippen LogP contribution in [0.5, 0.6) is 0 Å². The zero-order chi connectivity index (χ0) is 18.4. The molecule has 3 rings (SSSR count). The number of benzene rings is 1. The molecule has 3 unspecified atom stereocenters. The molecule has 1 aromatic rings. The first-order valence-corrected chi connectivity index (χ1v) is 9.93. The maximum atomic E-state index is 13.2. The van der Waals surface area contributed by atoms with Gasteiger partial charge >= 0.3 is 5.97 Å².